The molecule has 34 heavy (non-hydrogen) atoms. The van der Waals surface area contributed by atoms with Crippen molar-refractivity contribution in [3.8, 4) is 22.4 Å². The fraction of sp³-hybridized carbons (Fsp3) is 0.344. The Morgan fingerprint density at radius 2 is 1.53 bits per heavy atom. The summed E-state index contributed by atoms with van der Waals surface area (Å²) in [5, 5.41) is 4.09. The van der Waals surface area contributed by atoms with Crippen LogP contribution < -0.4 is 9.75 Å². The Balaban J connectivity index is 1.72. The number of pyridine rings is 1. The third kappa shape index (κ3) is 4.48. The zero-order valence-electron chi connectivity index (χ0n) is 22.4. The number of hydrogen-bond acceptors (Lipinski definition) is 0. The molecule has 1 aliphatic carbocycles. The molecule has 1 nitrogen and oxygen atoms in total. The standard InChI is InChI=1S/C32H38NSi/c1-23-11-9-10-14-29(23)32-21-30(31(22-33(32)2)24-12-7-6-8-13-24)27-16-15-26-20-28(34(3,4)5)18-17-25(26)19-27/h9-11,14-22,24H,6-8,12-13H2,1-5H3/q+1/i24D. The number of benzene rings is 3. The second-order valence-electron chi connectivity index (χ2n) is 11.1. The molecule has 3 aromatic carbocycles. The minimum Gasteiger partial charge on any atom is -0.201 e. The van der Waals surface area contributed by atoms with Gasteiger partial charge in [-0.1, -0.05) is 92.6 Å². The predicted octanol–water partition coefficient (Wildman–Crippen LogP) is 7.90. The van der Waals surface area contributed by atoms with E-state index in [-0.39, 0.29) is 0 Å². The Morgan fingerprint density at radius 3 is 2.26 bits per heavy atom. The van der Waals surface area contributed by atoms with Crippen molar-refractivity contribution in [2.45, 2.75) is 64.6 Å². The Labute approximate surface area is 207 Å². The maximum atomic E-state index is 9.52. The molecule has 0 N–H and O–H groups in total. The van der Waals surface area contributed by atoms with E-state index in [1.807, 2.05) is 0 Å². The minimum absolute atomic E-state index is 0.522. The topological polar surface area (TPSA) is 3.88 Å². The van der Waals surface area contributed by atoms with Gasteiger partial charge in [0.05, 0.1) is 8.07 Å². The highest BCUT2D eigenvalue weighted by molar-refractivity contribution is 6.88. The summed E-state index contributed by atoms with van der Waals surface area (Å²) in [6.07, 6.45) is 7.67. The first-order valence-electron chi connectivity index (χ1n) is 13.3. The van der Waals surface area contributed by atoms with Crippen molar-refractivity contribution < 1.29 is 5.94 Å². The van der Waals surface area contributed by atoms with Crippen LogP contribution in [0.4, 0.5) is 0 Å². The van der Waals surface area contributed by atoms with Gasteiger partial charge < -0.3 is 0 Å². The van der Waals surface area contributed by atoms with Crippen LogP contribution in [0.2, 0.25) is 19.6 Å². The van der Waals surface area contributed by atoms with Crippen LogP contribution in [0.25, 0.3) is 33.2 Å². The molecule has 0 radical (unpaired) electrons. The Morgan fingerprint density at radius 1 is 0.824 bits per heavy atom. The van der Waals surface area contributed by atoms with Gasteiger partial charge in [-0.15, -0.1) is 0 Å². The van der Waals surface area contributed by atoms with E-state index in [1.165, 1.54) is 55.9 Å². The molecule has 0 unspecified atom stereocenters. The maximum Gasteiger partial charge on any atom is 0.213 e. The quantitative estimate of drug-likeness (QED) is 0.213. The first kappa shape index (κ1) is 21.8. The van der Waals surface area contributed by atoms with Crippen molar-refractivity contribution in [3.63, 3.8) is 0 Å². The molecular formula is C32H38NSi+. The van der Waals surface area contributed by atoms with Crippen molar-refractivity contribution in [2.24, 2.45) is 7.05 Å². The molecule has 5 rings (SSSR count). The molecule has 1 aliphatic rings. The molecule has 0 saturated heterocycles. The lowest BCUT2D eigenvalue weighted by molar-refractivity contribution is -0.660. The lowest BCUT2D eigenvalue weighted by Crippen LogP contribution is -2.37. The van der Waals surface area contributed by atoms with E-state index in [0.29, 0.717) is 0 Å². The van der Waals surface area contributed by atoms with Crippen LogP contribution in [-0.2, 0) is 7.05 Å². The molecule has 1 saturated carbocycles. The molecule has 1 heterocycles. The van der Waals surface area contributed by atoms with Gasteiger partial charge in [0, 0.05) is 18.6 Å². The summed E-state index contributed by atoms with van der Waals surface area (Å²) in [6.45, 7) is 9.40. The van der Waals surface area contributed by atoms with Crippen molar-refractivity contribution in [2.75, 3.05) is 0 Å². The second-order valence-corrected chi connectivity index (χ2v) is 16.2. The molecule has 1 aromatic heterocycles. The highest BCUT2D eigenvalue weighted by atomic mass is 28.3. The van der Waals surface area contributed by atoms with E-state index >= 15 is 0 Å². The van der Waals surface area contributed by atoms with E-state index in [2.05, 4.69) is 111 Å². The summed E-state index contributed by atoms with van der Waals surface area (Å²) in [6, 6.07) is 24.9. The van der Waals surface area contributed by atoms with Crippen molar-refractivity contribution in [1.82, 2.24) is 0 Å². The average Bonchev–Trinajstić information content (AvgIpc) is 2.84. The summed E-state index contributed by atoms with van der Waals surface area (Å²) >= 11 is 0. The van der Waals surface area contributed by atoms with Gasteiger partial charge in [0.1, 0.15) is 7.05 Å². The normalized spacial score (nSPS) is 16.4. The van der Waals surface area contributed by atoms with E-state index < -0.39 is 14.0 Å². The van der Waals surface area contributed by atoms with Crippen LogP contribution in [0.1, 0.15) is 50.5 Å². The van der Waals surface area contributed by atoms with Gasteiger partial charge in [0.2, 0.25) is 5.69 Å². The van der Waals surface area contributed by atoms with Crippen molar-refractivity contribution in [3.05, 3.63) is 84.1 Å². The van der Waals surface area contributed by atoms with Gasteiger partial charge in [0.15, 0.2) is 6.20 Å². The zero-order valence-corrected chi connectivity index (χ0v) is 22.4. The Hall–Kier alpha value is -2.71. The van der Waals surface area contributed by atoms with Crippen LogP contribution in [0.15, 0.2) is 72.9 Å². The van der Waals surface area contributed by atoms with Crippen LogP contribution in [0, 0.1) is 6.92 Å². The van der Waals surface area contributed by atoms with Crippen LogP contribution >= 0.6 is 0 Å². The lowest BCUT2D eigenvalue weighted by atomic mass is 9.81. The fourth-order valence-electron chi connectivity index (χ4n) is 5.43. The predicted molar refractivity (Wildman–Crippen MR) is 150 cm³/mol. The van der Waals surface area contributed by atoms with Crippen LogP contribution in [0.3, 0.4) is 0 Å². The smallest absolute Gasteiger partial charge is 0.201 e. The van der Waals surface area contributed by atoms with E-state index in [9.17, 15) is 1.37 Å². The molecule has 4 aromatic rings. The third-order valence-electron chi connectivity index (χ3n) is 7.55. The summed E-state index contributed by atoms with van der Waals surface area (Å²) in [7, 11) is 0.785. The number of nitrogens with zero attached hydrogens (tertiary/aromatic N) is 1. The minimum atomic E-state index is -1.35. The molecule has 0 aliphatic heterocycles. The van der Waals surface area contributed by atoms with Gasteiger partial charge in [-0.3, -0.25) is 0 Å². The van der Waals surface area contributed by atoms with Crippen molar-refractivity contribution in [1.29, 1.82) is 0 Å². The lowest BCUT2D eigenvalue weighted by Gasteiger charge is -2.24. The maximum absolute atomic E-state index is 9.52. The van der Waals surface area contributed by atoms with Crippen LogP contribution in [-0.4, -0.2) is 8.07 Å². The largest absolute Gasteiger partial charge is 0.213 e. The monoisotopic (exact) mass is 465 g/mol. The number of hydrogen-bond donors (Lipinski definition) is 0. The van der Waals surface area contributed by atoms with Gasteiger partial charge in [0.25, 0.3) is 0 Å². The Bertz CT molecular complexity index is 1390. The summed E-state index contributed by atoms with van der Waals surface area (Å²) in [4.78, 5) is 0. The van der Waals surface area contributed by atoms with Crippen LogP contribution in [0.5, 0.6) is 0 Å². The first-order chi connectivity index (χ1) is 16.7. The highest BCUT2D eigenvalue weighted by Crippen LogP contribution is 2.39. The molecule has 0 spiro atoms. The van der Waals surface area contributed by atoms with Gasteiger partial charge >= 0.3 is 0 Å². The molecular weight excluding hydrogens is 426 g/mol. The number of rotatable bonds is 4. The van der Waals surface area contributed by atoms with E-state index in [4.69, 9.17) is 0 Å². The first-order valence-corrected chi connectivity index (χ1v) is 16.3. The summed E-state index contributed by atoms with van der Waals surface area (Å²) in [5.41, 5.74) is 7.35. The molecule has 0 atom stereocenters. The Kier molecular flexibility index (Phi) is 5.86. The van der Waals surface area contributed by atoms with Gasteiger partial charge in [-0.25, -0.2) is 4.57 Å². The number of aryl methyl sites for hydroxylation is 2. The molecule has 174 valence electrons. The molecule has 1 fully saturated rings. The van der Waals surface area contributed by atoms with Crippen molar-refractivity contribution >= 4 is 24.0 Å². The number of fused-ring (bicyclic) bond motifs is 1. The second kappa shape index (κ2) is 9.15. The molecule has 0 bridgehead atoms. The third-order valence-corrected chi connectivity index (χ3v) is 9.59. The van der Waals surface area contributed by atoms with E-state index in [1.54, 1.807) is 0 Å². The fourth-order valence-corrected chi connectivity index (χ4v) is 6.60. The molecule has 0 amide bonds. The zero-order chi connectivity index (χ0) is 24.8. The summed E-state index contributed by atoms with van der Waals surface area (Å²) < 4.78 is 11.8. The van der Waals surface area contributed by atoms with Gasteiger partial charge in [-0.2, -0.15) is 0 Å². The highest BCUT2D eigenvalue weighted by Gasteiger charge is 2.25. The van der Waals surface area contributed by atoms with E-state index in [0.717, 1.165) is 25.7 Å². The SMILES string of the molecule is [2H]C1(c2c[n+](C)c(-c3ccccc3C)cc2-c2ccc3cc([Si](C)(C)C)ccc3c2)CCCCC1. The molecule has 2 heteroatoms. The number of aromatic nitrogens is 1. The summed E-state index contributed by atoms with van der Waals surface area (Å²) in [5.74, 6) is -0.522. The van der Waals surface area contributed by atoms with Gasteiger partial charge in [-0.05, 0) is 65.3 Å². The average molecular weight is 466 g/mol.